The van der Waals surface area contributed by atoms with Crippen LogP contribution >= 0.6 is 0 Å². The van der Waals surface area contributed by atoms with E-state index in [1.54, 1.807) is 0 Å². The van der Waals surface area contributed by atoms with E-state index < -0.39 is 31.9 Å². The minimum atomic E-state index is -3.62. The molecule has 1 N–H and O–H groups in total. The van der Waals surface area contributed by atoms with E-state index in [2.05, 4.69) is 4.98 Å². The Morgan fingerprint density at radius 1 is 1.33 bits per heavy atom. The molecule has 0 aliphatic rings. The molecule has 0 saturated heterocycles. The van der Waals surface area contributed by atoms with Crippen LogP contribution in [0.25, 0.3) is 10.9 Å². The van der Waals surface area contributed by atoms with Gasteiger partial charge in [-0.1, -0.05) is 0 Å². The summed E-state index contributed by atoms with van der Waals surface area (Å²) in [5.41, 5.74) is -1.65. The second-order valence-corrected chi connectivity index (χ2v) is 6.77. The summed E-state index contributed by atoms with van der Waals surface area (Å²) >= 11 is 0. The zero-order chi connectivity index (χ0) is 15.9. The SMILES string of the molecule is Cc1cc2[nH]c(=O)n(CS(C)(=O)=O)c(=O)c2cc1[N+](=O)[O-]. The second kappa shape index (κ2) is 4.81. The molecule has 9 nitrogen and oxygen atoms in total. The lowest BCUT2D eigenvalue weighted by molar-refractivity contribution is -0.385. The minimum Gasteiger partial charge on any atom is -0.307 e. The fraction of sp³-hybridized carbons (Fsp3) is 0.273. The lowest BCUT2D eigenvalue weighted by atomic mass is 10.1. The van der Waals surface area contributed by atoms with Crippen LogP contribution in [-0.4, -0.2) is 29.1 Å². The second-order valence-electron chi connectivity index (χ2n) is 4.66. The van der Waals surface area contributed by atoms with Crippen molar-refractivity contribution in [2.24, 2.45) is 0 Å². The molecule has 0 aliphatic heterocycles. The largest absolute Gasteiger partial charge is 0.329 e. The minimum absolute atomic E-state index is 0.115. The molecule has 112 valence electrons. The molecule has 21 heavy (non-hydrogen) atoms. The average Bonchev–Trinajstić information content (AvgIpc) is 2.32. The normalized spacial score (nSPS) is 11.7. The third-order valence-electron chi connectivity index (χ3n) is 2.86. The number of aromatic amines is 1. The first-order valence-electron chi connectivity index (χ1n) is 5.70. The van der Waals surface area contributed by atoms with Gasteiger partial charge in [0.25, 0.3) is 11.2 Å². The van der Waals surface area contributed by atoms with Gasteiger partial charge in [-0.15, -0.1) is 0 Å². The Balaban J connectivity index is 2.88. The van der Waals surface area contributed by atoms with E-state index in [0.717, 1.165) is 12.3 Å². The lowest BCUT2D eigenvalue weighted by Crippen LogP contribution is -2.37. The highest BCUT2D eigenvalue weighted by Crippen LogP contribution is 2.21. The Hall–Kier alpha value is -2.49. The van der Waals surface area contributed by atoms with Crippen molar-refractivity contribution in [3.63, 3.8) is 0 Å². The number of benzene rings is 1. The standard InChI is InChI=1S/C11H11N3O6S/c1-6-3-8-7(4-9(6)14(17)18)10(15)13(11(16)12-8)5-21(2,19)20/h3-4H,5H2,1-2H3,(H,12,16). The number of nitro groups is 1. The van der Waals surface area contributed by atoms with Crippen LogP contribution in [0.2, 0.25) is 0 Å². The maximum atomic E-state index is 12.2. The molecule has 0 bridgehead atoms. The highest BCUT2D eigenvalue weighted by Gasteiger charge is 2.17. The van der Waals surface area contributed by atoms with E-state index in [9.17, 15) is 28.1 Å². The van der Waals surface area contributed by atoms with Crippen LogP contribution in [0.3, 0.4) is 0 Å². The molecule has 1 aromatic carbocycles. The smallest absolute Gasteiger partial charge is 0.307 e. The fourth-order valence-electron chi connectivity index (χ4n) is 1.95. The zero-order valence-electron chi connectivity index (χ0n) is 11.1. The molecule has 0 saturated carbocycles. The predicted octanol–water partition coefficient (Wildman–Crippen LogP) is -0.0915. The summed E-state index contributed by atoms with van der Waals surface area (Å²) in [6.07, 6.45) is 0.876. The van der Waals surface area contributed by atoms with E-state index in [4.69, 9.17) is 0 Å². The topological polar surface area (TPSA) is 132 Å². The van der Waals surface area contributed by atoms with E-state index in [-0.39, 0.29) is 22.2 Å². The van der Waals surface area contributed by atoms with Gasteiger partial charge in [0.05, 0.1) is 15.8 Å². The number of nitrogens with one attached hydrogen (secondary N) is 1. The summed E-state index contributed by atoms with van der Waals surface area (Å²) in [6.45, 7) is 1.47. The van der Waals surface area contributed by atoms with Gasteiger partial charge in [0.15, 0.2) is 9.84 Å². The van der Waals surface area contributed by atoms with Crippen molar-refractivity contribution < 1.29 is 13.3 Å². The van der Waals surface area contributed by atoms with Crippen molar-refractivity contribution in [1.29, 1.82) is 0 Å². The molecular weight excluding hydrogens is 302 g/mol. The van der Waals surface area contributed by atoms with Gasteiger partial charge in [0, 0.05) is 17.9 Å². The molecule has 0 aliphatic carbocycles. The number of nitro benzene ring substituents is 1. The molecule has 10 heteroatoms. The van der Waals surface area contributed by atoms with Gasteiger partial charge < -0.3 is 4.98 Å². The summed E-state index contributed by atoms with van der Waals surface area (Å²) in [6, 6.07) is 2.34. The van der Waals surface area contributed by atoms with Gasteiger partial charge in [-0.25, -0.2) is 17.8 Å². The predicted molar refractivity (Wildman–Crippen MR) is 75.1 cm³/mol. The Morgan fingerprint density at radius 2 is 1.95 bits per heavy atom. The number of fused-ring (bicyclic) bond motifs is 1. The third kappa shape index (κ3) is 2.84. The summed E-state index contributed by atoms with van der Waals surface area (Å²) in [5, 5.41) is 10.8. The van der Waals surface area contributed by atoms with E-state index >= 15 is 0 Å². The maximum absolute atomic E-state index is 12.2. The lowest BCUT2D eigenvalue weighted by Gasteiger charge is -2.06. The van der Waals surface area contributed by atoms with Gasteiger partial charge >= 0.3 is 5.69 Å². The van der Waals surface area contributed by atoms with Crippen molar-refractivity contribution in [2.75, 3.05) is 6.26 Å². The first-order chi connectivity index (χ1) is 9.60. The van der Waals surface area contributed by atoms with Crippen molar-refractivity contribution in [3.05, 3.63) is 48.6 Å². The number of rotatable bonds is 3. The molecule has 2 aromatic rings. The molecule has 0 unspecified atom stereocenters. The van der Waals surface area contributed by atoms with Crippen LogP contribution in [0.1, 0.15) is 5.56 Å². The molecule has 0 radical (unpaired) electrons. The zero-order valence-corrected chi connectivity index (χ0v) is 11.9. The van der Waals surface area contributed by atoms with Crippen LogP contribution in [0, 0.1) is 17.0 Å². The van der Waals surface area contributed by atoms with Crippen molar-refractivity contribution in [3.8, 4) is 0 Å². The molecule has 0 atom stereocenters. The molecular formula is C11H11N3O6S. The number of H-pyrrole nitrogens is 1. The van der Waals surface area contributed by atoms with Crippen LogP contribution in [0.5, 0.6) is 0 Å². The molecule has 0 fully saturated rings. The Kier molecular flexibility index (Phi) is 3.41. The third-order valence-corrected chi connectivity index (χ3v) is 3.59. The van der Waals surface area contributed by atoms with Gasteiger partial charge in [-0.2, -0.15) is 0 Å². The first kappa shape index (κ1) is 14.9. The van der Waals surface area contributed by atoms with Crippen LogP contribution in [0.4, 0.5) is 5.69 Å². The molecule has 0 amide bonds. The van der Waals surface area contributed by atoms with Crippen molar-refractivity contribution >= 4 is 26.4 Å². The van der Waals surface area contributed by atoms with E-state index in [1.807, 2.05) is 0 Å². The summed E-state index contributed by atoms with van der Waals surface area (Å²) < 4.78 is 23.0. The first-order valence-corrected chi connectivity index (χ1v) is 7.76. The average molecular weight is 313 g/mol. The highest BCUT2D eigenvalue weighted by molar-refractivity contribution is 7.89. The summed E-state index contributed by atoms with van der Waals surface area (Å²) in [5.74, 6) is -0.793. The molecule has 2 rings (SSSR count). The van der Waals surface area contributed by atoms with Crippen LogP contribution in [0.15, 0.2) is 21.7 Å². The summed E-state index contributed by atoms with van der Waals surface area (Å²) in [4.78, 5) is 36.5. The number of nitrogens with zero attached hydrogens (tertiary/aromatic N) is 2. The molecule has 1 aromatic heterocycles. The van der Waals surface area contributed by atoms with Crippen molar-refractivity contribution in [1.82, 2.24) is 9.55 Å². The van der Waals surface area contributed by atoms with E-state index in [1.165, 1.54) is 13.0 Å². The number of aromatic nitrogens is 2. The Morgan fingerprint density at radius 3 is 2.48 bits per heavy atom. The fourth-order valence-corrected chi connectivity index (χ4v) is 2.65. The van der Waals surface area contributed by atoms with Crippen molar-refractivity contribution in [2.45, 2.75) is 12.8 Å². The van der Waals surface area contributed by atoms with Gasteiger partial charge in [0.2, 0.25) is 0 Å². The Labute approximate surface area is 117 Å². The number of hydrogen-bond acceptors (Lipinski definition) is 6. The Bertz CT molecular complexity index is 970. The molecule has 0 spiro atoms. The van der Waals surface area contributed by atoms with Crippen LogP contribution < -0.4 is 11.2 Å². The van der Waals surface area contributed by atoms with E-state index in [0.29, 0.717) is 4.57 Å². The van der Waals surface area contributed by atoms with Gasteiger partial charge in [-0.3, -0.25) is 14.9 Å². The quantitative estimate of drug-likeness (QED) is 0.622. The summed E-state index contributed by atoms with van der Waals surface area (Å²) in [7, 11) is -3.62. The number of sulfone groups is 1. The monoisotopic (exact) mass is 313 g/mol. The number of hydrogen-bond donors (Lipinski definition) is 1. The highest BCUT2D eigenvalue weighted by atomic mass is 32.2. The number of aryl methyl sites for hydroxylation is 1. The molecule has 1 heterocycles. The van der Waals surface area contributed by atoms with Crippen LogP contribution in [-0.2, 0) is 15.7 Å². The van der Waals surface area contributed by atoms with Gasteiger partial charge in [-0.05, 0) is 13.0 Å². The van der Waals surface area contributed by atoms with Gasteiger partial charge in [0.1, 0.15) is 5.88 Å². The maximum Gasteiger partial charge on any atom is 0.329 e.